The van der Waals surface area contributed by atoms with Gasteiger partial charge in [-0.05, 0) is 48.0 Å². The molecular weight excluding hydrogens is 359 g/mol. The molecular formula is C18H15FN2O4S. The SMILES string of the molecule is NN1C(=O)SC(Cc2ccc(OCC(=O)c3cccc(F)c3)cc2)C1=O. The van der Waals surface area contributed by atoms with Crippen molar-refractivity contribution in [2.45, 2.75) is 11.7 Å². The lowest BCUT2D eigenvalue weighted by Crippen LogP contribution is -2.37. The molecule has 1 unspecified atom stereocenters. The highest BCUT2D eigenvalue weighted by molar-refractivity contribution is 8.15. The monoisotopic (exact) mass is 374 g/mol. The van der Waals surface area contributed by atoms with Crippen LogP contribution in [0, 0.1) is 5.82 Å². The van der Waals surface area contributed by atoms with Crippen LogP contribution in [0.3, 0.4) is 0 Å². The highest BCUT2D eigenvalue weighted by atomic mass is 32.2. The normalized spacial score (nSPS) is 16.8. The lowest BCUT2D eigenvalue weighted by molar-refractivity contribution is -0.126. The van der Waals surface area contributed by atoms with Gasteiger partial charge in [-0.1, -0.05) is 24.3 Å². The Morgan fingerprint density at radius 3 is 2.54 bits per heavy atom. The van der Waals surface area contributed by atoms with Gasteiger partial charge in [0.1, 0.15) is 11.6 Å². The van der Waals surface area contributed by atoms with E-state index in [2.05, 4.69) is 0 Å². The molecule has 0 aliphatic carbocycles. The number of ketones is 1. The van der Waals surface area contributed by atoms with Crippen LogP contribution in [-0.2, 0) is 11.2 Å². The largest absolute Gasteiger partial charge is 0.485 e. The van der Waals surface area contributed by atoms with E-state index in [1.165, 1.54) is 18.2 Å². The summed E-state index contributed by atoms with van der Waals surface area (Å²) in [5.41, 5.74) is 1.08. The van der Waals surface area contributed by atoms with Gasteiger partial charge in [-0.25, -0.2) is 15.2 Å². The fourth-order valence-corrected chi connectivity index (χ4v) is 3.37. The molecule has 0 aromatic heterocycles. The predicted molar refractivity (Wildman–Crippen MR) is 94.2 cm³/mol. The van der Waals surface area contributed by atoms with E-state index < -0.39 is 22.2 Å². The minimum absolute atomic E-state index is 0.212. The Morgan fingerprint density at radius 2 is 1.92 bits per heavy atom. The molecule has 8 heteroatoms. The average Bonchev–Trinajstić information content (AvgIpc) is 2.87. The summed E-state index contributed by atoms with van der Waals surface area (Å²) < 4.78 is 18.5. The van der Waals surface area contributed by atoms with Gasteiger partial charge < -0.3 is 4.74 Å². The molecule has 3 rings (SSSR count). The maximum atomic E-state index is 13.1. The summed E-state index contributed by atoms with van der Waals surface area (Å²) in [6.45, 7) is -0.212. The first-order chi connectivity index (χ1) is 12.4. The van der Waals surface area contributed by atoms with Crippen molar-refractivity contribution in [2.75, 3.05) is 6.61 Å². The Balaban J connectivity index is 1.56. The van der Waals surface area contributed by atoms with Gasteiger partial charge in [0.05, 0.1) is 5.25 Å². The number of hydrazine groups is 1. The first-order valence-corrected chi connectivity index (χ1v) is 8.62. The van der Waals surface area contributed by atoms with E-state index in [1.54, 1.807) is 24.3 Å². The van der Waals surface area contributed by atoms with Crippen LogP contribution in [0.5, 0.6) is 5.75 Å². The van der Waals surface area contributed by atoms with Crippen molar-refractivity contribution in [2.24, 2.45) is 5.84 Å². The Morgan fingerprint density at radius 1 is 1.19 bits per heavy atom. The van der Waals surface area contributed by atoms with Crippen LogP contribution in [0.2, 0.25) is 0 Å². The molecule has 1 saturated heterocycles. The molecule has 1 heterocycles. The molecule has 134 valence electrons. The van der Waals surface area contributed by atoms with Crippen LogP contribution in [0.25, 0.3) is 0 Å². The number of carbonyl (C=O) groups is 3. The van der Waals surface area contributed by atoms with E-state index >= 15 is 0 Å². The van der Waals surface area contributed by atoms with E-state index in [1.807, 2.05) is 0 Å². The van der Waals surface area contributed by atoms with E-state index in [9.17, 15) is 18.8 Å². The number of amides is 2. The van der Waals surface area contributed by atoms with Crippen molar-refractivity contribution in [3.63, 3.8) is 0 Å². The number of nitrogens with zero attached hydrogens (tertiary/aromatic N) is 1. The number of ether oxygens (including phenoxy) is 1. The maximum absolute atomic E-state index is 13.1. The predicted octanol–water partition coefficient (Wildman–Crippen LogP) is 2.57. The number of imide groups is 1. The van der Waals surface area contributed by atoms with Crippen LogP contribution in [-0.4, -0.2) is 33.8 Å². The molecule has 1 aliphatic rings. The Labute approximate surface area is 153 Å². The number of halogens is 1. The molecule has 0 spiro atoms. The smallest absolute Gasteiger partial charge is 0.303 e. The number of rotatable bonds is 6. The van der Waals surface area contributed by atoms with E-state index in [0.29, 0.717) is 17.2 Å². The molecule has 2 N–H and O–H groups in total. The molecule has 2 aromatic carbocycles. The van der Waals surface area contributed by atoms with Gasteiger partial charge in [-0.15, -0.1) is 0 Å². The van der Waals surface area contributed by atoms with Crippen LogP contribution < -0.4 is 10.6 Å². The van der Waals surface area contributed by atoms with Crippen molar-refractivity contribution in [1.82, 2.24) is 5.01 Å². The van der Waals surface area contributed by atoms with Crippen molar-refractivity contribution >= 4 is 28.7 Å². The minimum atomic E-state index is -0.533. The maximum Gasteiger partial charge on any atom is 0.303 e. The molecule has 0 radical (unpaired) electrons. The number of Topliss-reactive ketones (excluding diaryl/α,β-unsaturated/α-hetero) is 1. The summed E-state index contributed by atoms with van der Waals surface area (Å²) in [5.74, 6) is 4.60. The zero-order valence-corrected chi connectivity index (χ0v) is 14.4. The molecule has 26 heavy (non-hydrogen) atoms. The molecule has 6 nitrogen and oxygen atoms in total. The Kier molecular flexibility index (Phi) is 5.34. The summed E-state index contributed by atoms with van der Waals surface area (Å²) in [7, 11) is 0. The zero-order valence-electron chi connectivity index (χ0n) is 13.6. The first kappa shape index (κ1) is 18.1. The van der Waals surface area contributed by atoms with Gasteiger partial charge in [0.15, 0.2) is 12.4 Å². The van der Waals surface area contributed by atoms with E-state index in [-0.39, 0.29) is 18.0 Å². The zero-order chi connectivity index (χ0) is 18.7. The quantitative estimate of drug-likeness (QED) is 0.475. The third-order valence-corrected chi connectivity index (χ3v) is 4.86. The summed E-state index contributed by atoms with van der Waals surface area (Å²) in [6.07, 6.45) is 0.367. The second-order valence-electron chi connectivity index (χ2n) is 5.65. The fourth-order valence-electron chi connectivity index (χ4n) is 2.43. The molecule has 0 saturated carbocycles. The highest BCUT2D eigenvalue weighted by Gasteiger charge is 2.37. The number of hydrogen-bond acceptors (Lipinski definition) is 6. The molecule has 1 aliphatic heterocycles. The Hall–Kier alpha value is -2.71. The fraction of sp³-hybridized carbons (Fsp3) is 0.167. The average molecular weight is 374 g/mol. The van der Waals surface area contributed by atoms with Gasteiger partial charge in [0.25, 0.3) is 5.91 Å². The summed E-state index contributed by atoms with van der Waals surface area (Å²) in [5, 5.41) is -0.366. The lowest BCUT2D eigenvalue weighted by Gasteiger charge is -2.09. The molecule has 1 fully saturated rings. The van der Waals surface area contributed by atoms with Crippen molar-refractivity contribution in [3.05, 3.63) is 65.5 Å². The van der Waals surface area contributed by atoms with Gasteiger partial charge in [0, 0.05) is 5.56 Å². The second kappa shape index (κ2) is 7.67. The van der Waals surface area contributed by atoms with Crippen molar-refractivity contribution in [1.29, 1.82) is 0 Å². The lowest BCUT2D eigenvalue weighted by atomic mass is 10.1. The Bertz CT molecular complexity index is 857. The number of carbonyl (C=O) groups excluding carboxylic acids is 3. The van der Waals surface area contributed by atoms with Gasteiger partial charge in [0.2, 0.25) is 0 Å². The summed E-state index contributed by atoms with van der Waals surface area (Å²) >= 11 is 0.900. The molecule has 1 atom stereocenters. The van der Waals surface area contributed by atoms with Gasteiger partial charge >= 0.3 is 5.24 Å². The summed E-state index contributed by atoms with van der Waals surface area (Å²) in [4.78, 5) is 35.2. The van der Waals surface area contributed by atoms with E-state index in [4.69, 9.17) is 10.6 Å². The number of thioether (sulfide) groups is 1. The van der Waals surface area contributed by atoms with Crippen molar-refractivity contribution < 1.29 is 23.5 Å². The second-order valence-corrected chi connectivity index (χ2v) is 6.80. The van der Waals surface area contributed by atoms with Crippen LogP contribution in [0.1, 0.15) is 15.9 Å². The summed E-state index contributed by atoms with van der Waals surface area (Å²) in [6, 6.07) is 12.2. The van der Waals surface area contributed by atoms with Gasteiger partial charge in [-0.3, -0.25) is 14.4 Å². The first-order valence-electron chi connectivity index (χ1n) is 7.74. The number of nitrogens with two attached hydrogens (primary N) is 1. The minimum Gasteiger partial charge on any atom is -0.485 e. The molecule has 0 bridgehead atoms. The van der Waals surface area contributed by atoms with Crippen molar-refractivity contribution in [3.8, 4) is 5.75 Å². The third kappa shape index (κ3) is 4.09. The van der Waals surface area contributed by atoms with Gasteiger partial charge in [-0.2, -0.15) is 0 Å². The van der Waals surface area contributed by atoms with Crippen LogP contribution >= 0.6 is 11.8 Å². The third-order valence-electron chi connectivity index (χ3n) is 3.81. The van der Waals surface area contributed by atoms with E-state index in [0.717, 1.165) is 23.4 Å². The molecule has 2 aromatic rings. The number of hydrogen-bond donors (Lipinski definition) is 1. The standard InChI is InChI=1S/C18H15FN2O4S/c19-13-3-1-2-12(9-13)15(22)10-25-14-6-4-11(5-7-14)8-16-17(23)21(20)18(24)26-16/h1-7,9,16H,8,10,20H2. The highest BCUT2D eigenvalue weighted by Crippen LogP contribution is 2.27. The van der Waals surface area contributed by atoms with Crippen LogP contribution in [0.4, 0.5) is 9.18 Å². The topological polar surface area (TPSA) is 89.7 Å². The number of benzene rings is 2. The van der Waals surface area contributed by atoms with Crippen LogP contribution in [0.15, 0.2) is 48.5 Å². The molecule has 2 amide bonds.